The maximum absolute atomic E-state index is 11.1. The van der Waals surface area contributed by atoms with Crippen LogP contribution >= 0.6 is 0 Å². The van der Waals surface area contributed by atoms with E-state index in [9.17, 15) is 15.3 Å². The summed E-state index contributed by atoms with van der Waals surface area (Å²) in [7, 11) is -2.77. The third-order valence-electron chi connectivity index (χ3n) is 7.11. The zero-order valence-corrected chi connectivity index (χ0v) is 24.6. The van der Waals surface area contributed by atoms with E-state index >= 15 is 0 Å². The lowest BCUT2D eigenvalue weighted by Gasteiger charge is -2.43. The standard InChI is InChI=1S/C34H42O4Si/c1-26(24-28-14-12-13-19-32(28)36)20-21-33(37)31(22-23-35)27(2)25-38-39(34(3,4)5,29-15-8-6-9-16-29)30-17-10-7-11-18-30/h6-19,22,24,33,35-37H,2,20-21,23,25H2,1,3-5H3/b26-24+,31-22-. The van der Waals surface area contributed by atoms with Gasteiger partial charge in [-0.1, -0.05) is 124 Å². The highest BCUT2D eigenvalue weighted by atomic mass is 28.4. The molecule has 0 heterocycles. The van der Waals surface area contributed by atoms with Crippen LogP contribution in [0.15, 0.2) is 114 Å². The number of phenols is 1. The molecule has 3 aromatic carbocycles. The highest BCUT2D eigenvalue weighted by Gasteiger charge is 2.50. The molecule has 1 atom stereocenters. The fraction of sp³-hybridized carbons (Fsp3) is 0.294. The number of para-hydroxylation sites is 1. The predicted molar refractivity (Wildman–Crippen MR) is 165 cm³/mol. The maximum atomic E-state index is 11.1. The Kier molecular flexibility index (Phi) is 10.7. The first-order chi connectivity index (χ1) is 18.6. The topological polar surface area (TPSA) is 69.9 Å². The minimum Gasteiger partial charge on any atom is -0.507 e. The summed E-state index contributed by atoms with van der Waals surface area (Å²) in [5.41, 5.74) is 3.05. The van der Waals surface area contributed by atoms with Crippen molar-refractivity contribution in [1.29, 1.82) is 0 Å². The van der Waals surface area contributed by atoms with Gasteiger partial charge in [0.25, 0.3) is 8.32 Å². The van der Waals surface area contributed by atoms with E-state index in [0.29, 0.717) is 24.0 Å². The minimum atomic E-state index is -2.77. The normalized spacial score (nSPS) is 13.8. The molecule has 0 aromatic heterocycles. The third-order valence-corrected chi connectivity index (χ3v) is 12.1. The number of rotatable bonds is 12. The lowest BCUT2D eigenvalue weighted by atomic mass is 9.96. The van der Waals surface area contributed by atoms with E-state index in [1.165, 1.54) is 10.4 Å². The second-order valence-electron chi connectivity index (χ2n) is 11.0. The van der Waals surface area contributed by atoms with Crippen LogP contribution < -0.4 is 10.4 Å². The summed E-state index contributed by atoms with van der Waals surface area (Å²) in [5.74, 6) is 0.229. The van der Waals surface area contributed by atoms with E-state index < -0.39 is 14.4 Å². The third kappa shape index (κ3) is 7.46. The minimum absolute atomic E-state index is 0.180. The Morgan fingerprint density at radius 1 is 0.923 bits per heavy atom. The molecule has 1 unspecified atom stereocenters. The van der Waals surface area contributed by atoms with Gasteiger partial charge in [0.05, 0.1) is 19.3 Å². The maximum Gasteiger partial charge on any atom is 0.261 e. The average molecular weight is 543 g/mol. The number of aliphatic hydroxyl groups is 2. The number of hydrogen-bond donors (Lipinski definition) is 3. The zero-order chi connectivity index (χ0) is 28.5. The van der Waals surface area contributed by atoms with Crippen molar-refractivity contribution >= 4 is 24.8 Å². The first-order valence-corrected chi connectivity index (χ1v) is 15.4. The van der Waals surface area contributed by atoms with Gasteiger partial charge in [-0.25, -0.2) is 0 Å². The largest absolute Gasteiger partial charge is 0.507 e. The van der Waals surface area contributed by atoms with Crippen molar-refractivity contribution in [2.24, 2.45) is 0 Å². The molecule has 3 aromatic rings. The summed E-state index contributed by atoms with van der Waals surface area (Å²) >= 11 is 0. The number of hydrogen-bond acceptors (Lipinski definition) is 4. The van der Waals surface area contributed by atoms with Gasteiger partial charge >= 0.3 is 0 Å². The van der Waals surface area contributed by atoms with Crippen molar-refractivity contribution in [2.45, 2.75) is 51.7 Å². The first-order valence-electron chi connectivity index (χ1n) is 13.5. The van der Waals surface area contributed by atoms with Crippen LogP contribution in [-0.4, -0.2) is 43.0 Å². The molecule has 39 heavy (non-hydrogen) atoms. The van der Waals surface area contributed by atoms with Crippen molar-refractivity contribution < 1.29 is 19.7 Å². The first kappa shape index (κ1) is 30.3. The molecule has 0 aliphatic carbocycles. The van der Waals surface area contributed by atoms with Crippen LogP contribution in [0.3, 0.4) is 0 Å². The van der Waals surface area contributed by atoms with Crippen LogP contribution in [0, 0.1) is 0 Å². The van der Waals surface area contributed by atoms with E-state index in [1.54, 1.807) is 18.2 Å². The molecule has 0 aliphatic rings. The van der Waals surface area contributed by atoms with Crippen molar-refractivity contribution in [3.63, 3.8) is 0 Å². The number of benzene rings is 3. The molecule has 5 heteroatoms. The number of aromatic hydroxyl groups is 1. The van der Waals surface area contributed by atoms with Crippen molar-refractivity contribution in [3.8, 4) is 5.75 Å². The summed E-state index contributed by atoms with van der Waals surface area (Å²) in [6.07, 6.45) is 3.84. The molecule has 0 fully saturated rings. The SMILES string of the molecule is C=C(CO[Si](c1ccccc1)(c1ccccc1)C(C)(C)C)/C(=C/CO)C(O)CC/C(C)=C/c1ccccc1O. The molecule has 0 spiro atoms. The molecule has 0 bridgehead atoms. The van der Waals surface area contributed by atoms with Gasteiger partial charge in [-0.3, -0.25) is 0 Å². The lowest BCUT2D eigenvalue weighted by Crippen LogP contribution is -2.66. The molecular formula is C34H42O4Si. The second kappa shape index (κ2) is 13.7. The highest BCUT2D eigenvalue weighted by molar-refractivity contribution is 6.99. The molecule has 0 amide bonds. The summed E-state index contributed by atoms with van der Waals surface area (Å²) in [5, 5.41) is 33.1. The van der Waals surface area contributed by atoms with Crippen LogP contribution in [0.2, 0.25) is 5.04 Å². The van der Waals surface area contributed by atoms with Crippen LogP contribution in [0.5, 0.6) is 5.75 Å². The highest BCUT2D eigenvalue weighted by Crippen LogP contribution is 2.37. The van der Waals surface area contributed by atoms with Crippen molar-refractivity contribution in [1.82, 2.24) is 0 Å². The van der Waals surface area contributed by atoms with Gasteiger partial charge in [0, 0.05) is 5.56 Å². The number of phenolic OH excluding ortho intramolecular Hbond substituents is 1. The van der Waals surface area contributed by atoms with E-state index in [1.807, 2.05) is 37.3 Å². The molecule has 0 saturated heterocycles. The van der Waals surface area contributed by atoms with Gasteiger partial charge in [0.15, 0.2) is 0 Å². The number of allylic oxidation sites excluding steroid dienone is 1. The Labute approximate surface area is 234 Å². The van der Waals surface area contributed by atoms with Crippen molar-refractivity contribution in [3.05, 3.63) is 120 Å². The summed E-state index contributed by atoms with van der Waals surface area (Å²) in [4.78, 5) is 0. The van der Waals surface area contributed by atoms with E-state index in [-0.39, 0.29) is 24.0 Å². The monoisotopic (exact) mass is 542 g/mol. The Morgan fingerprint density at radius 3 is 1.97 bits per heavy atom. The fourth-order valence-corrected chi connectivity index (χ4v) is 9.67. The molecule has 0 saturated carbocycles. The smallest absolute Gasteiger partial charge is 0.261 e. The van der Waals surface area contributed by atoms with Crippen molar-refractivity contribution in [2.75, 3.05) is 13.2 Å². The molecule has 0 aliphatic heterocycles. The molecule has 4 nitrogen and oxygen atoms in total. The quantitative estimate of drug-likeness (QED) is 0.194. The summed E-state index contributed by atoms with van der Waals surface area (Å²) in [6, 6.07) is 28.0. The zero-order valence-electron chi connectivity index (χ0n) is 23.6. The Bertz CT molecular complexity index is 1230. The van der Waals surface area contributed by atoms with Crippen LogP contribution in [0.25, 0.3) is 6.08 Å². The molecule has 3 rings (SSSR count). The predicted octanol–water partition coefficient (Wildman–Crippen LogP) is 5.99. The molecule has 0 radical (unpaired) electrons. The Balaban J connectivity index is 1.82. The van der Waals surface area contributed by atoms with E-state index in [0.717, 1.165) is 11.1 Å². The van der Waals surface area contributed by atoms with Gasteiger partial charge in [-0.2, -0.15) is 0 Å². The molecule has 3 N–H and O–H groups in total. The lowest BCUT2D eigenvalue weighted by molar-refractivity contribution is 0.198. The molecule has 206 valence electrons. The van der Waals surface area contributed by atoms with Crippen LogP contribution in [0.1, 0.15) is 46.1 Å². The van der Waals surface area contributed by atoms with Gasteiger partial charge in [0.2, 0.25) is 0 Å². The Morgan fingerprint density at radius 2 is 1.46 bits per heavy atom. The summed E-state index contributed by atoms with van der Waals surface area (Å²) in [6.45, 7) is 13.0. The average Bonchev–Trinajstić information content (AvgIpc) is 2.92. The van der Waals surface area contributed by atoms with Crippen LogP contribution in [-0.2, 0) is 4.43 Å². The van der Waals surface area contributed by atoms with Gasteiger partial charge < -0.3 is 19.7 Å². The molecular weight excluding hydrogens is 500 g/mol. The van der Waals surface area contributed by atoms with Gasteiger partial charge in [-0.05, 0) is 52.4 Å². The Hall–Kier alpha value is -3.22. The number of aliphatic hydroxyl groups excluding tert-OH is 2. The van der Waals surface area contributed by atoms with Gasteiger partial charge in [0.1, 0.15) is 5.75 Å². The van der Waals surface area contributed by atoms with Crippen LogP contribution in [0.4, 0.5) is 0 Å². The fourth-order valence-electron chi connectivity index (χ4n) is 5.12. The summed E-state index contributed by atoms with van der Waals surface area (Å²) < 4.78 is 6.99. The van der Waals surface area contributed by atoms with Gasteiger partial charge in [-0.15, -0.1) is 0 Å². The van der Waals surface area contributed by atoms with E-state index in [2.05, 4.69) is 75.9 Å². The second-order valence-corrected chi connectivity index (χ2v) is 15.3. The van der Waals surface area contributed by atoms with E-state index in [4.69, 9.17) is 4.43 Å².